The molecule has 14 heavy (non-hydrogen) atoms. The molecule has 0 saturated carbocycles. The predicted octanol–water partition coefficient (Wildman–Crippen LogP) is 1.82. The third kappa shape index (κ3) is 1.96. The number of nitrogens with zero attached hydrogens (tertiary/aromatic N) is 1. The molecule has 4 nitrogen and oxygen atoms in total. The highest BCUT2D eigenvalue weighted by atomic mass is 16.5. The highest BCUT2D eigenvalue weighted by Gasteiger charge is 2.08. The van der Waals surface area contributed by atoms with Gasteiger partial charge in [-0.2, -0.15) is 0 Å². The molecule has 0 heterocycles. The number of ether oxygens (including phenoxy) is 2. The van der Waals surface area contributed by atoms with Gasteiger partial charge in [-0.05, 0) is 24.6 Å². The minimum Gasteiger partial charge on any atom is -0.496 e. The van der Waals surface area contributed by atoms with Crippen LogP contribution in [0.15, 0.2) is 17.3 Å². The molecular weight excluding hydrogens is 182 g/mol. The average Bonchev–Trinajstić information content (AvgIpc) is 2.20. The Hall–Kier alpha value is -1.71. The Labute approximate surface area is 82.8 Å². The van der Waals surface area contributed by atoms with Gasteiger partial charge in [-0.3, -0.25) is 0 Å². The molecule has 0 radical (unpaired) electrons. The second-order valence-electron chi connectivity index (χ2n) is 2.83. The zero-order valence-electron chi connectivity index (χ0n) is 8.44. The monoisotopic (exact) mass is 195 g/mol. The largest absolute Gasteiger partial charge is 0.496 e. The van der Waals surface area contributed by atoms with Crippen molar-refractivity contribution in [1.82, 2.24) is 0 Å². The number of rotatable bonds is 3. The number of hydrogen-bond donors (Lipinski definition) is 1. The SMILES string of the molecule is COc1cc(C)cc(OC)c1/C=N/O. The van der Waals surface area contributed by atoms with E-state index in [2.05, 4.69) is 5.16 Å². The lowest BCUT2D eigenvalue weighted by Gasteiger charge is -2.10. The van der Waals surface area contributed by atoms with Crippen LogP contribution in [0.2, 0.25) is 0 Å². The lowest BCUT2D eigenvalue weighted by Crippen LogP contribution is -1.96. The maximum atomic E-state index is 8.49. The maximum absolute atomic E-state index is 8.49. The van der Waals surface area contributed by atoms with Gasteiger partial charge in [0.05, 0.1) is 26.0 Å². The topological polar surface area (TPSA) is 51.0 Å². The summed E-state index contributed by atoms with van der Waals surface area (Å²) in [6.45, 7) is 1.94. The molecule has 0 fully saturated rings. The van der Waals surface area contributed by atoms with Crippen LogP contribution in [0.4, 0.5) is 0 Å². The molecule has 1 rings (SSSR count). The lowest BCUT2D eigenvalue weighted by molar-refractivity contribution is 0.321. The second-order valence-corrected chi connectivity index (χ2v) is 2.83. The molecule has 4 heteroatoms. The van der Waals surface area contributed by atoms with E-state index in [0.717, 1.165) is 5.56 Å². The van der Waals surface area contributed by atoms with Crippen LogP contribution in [0.5, 0.6) is 11.5 Å². The fourth-order valence-electron chi connectivity index (χ4n) is 1.25. The van der Waals surface area contributed by atoms with E-state index < -0.39 is 0 Å². The standard InChI is InChI=1S/C10H13NO3/c1-7-4-9(13-2)8(6-11-12)10(5-7)14-3/h4-6,12H,1-3H3/b11-6+. The van der Waals surface area contributed by atoms with Crippen LogP contribution in [0.1, 0.15) is 11.1 Å². The Morgan fingerprint density at radius 3 is 2.07 bits per heavy atom. The fourth-order valence-corrected chi connectivity index (χ4v) is 1.25. The second kappa shape index (κ2) is 4.50. The van der Waals surface area contributed by atoms with Crippen molar-refractivity contribution >= 4 is 6.21 Å². The minimum atomic E-state index is 0.625. The normalized spacial score (nSPS) is 10.5. The van der Waals surface area contributed by atoms with E-state index in [1.165, 1.54) is 6.21 Å². The molecule has 0 aliphatic heterocycles. The number of methoxy groups -OCH3 is 2. The van der Waals surface area contributed by atoms with Crippen molar-refractivity contribution in [2.75, 3.05) is 14.2 Å². The Morgan fingerprint density at radius 2 is 1.71 bits per heavy atom. The van der Waals surface area contributed by atoms with Crippen LogP contribution in [0.3, 0.4) is 0 Å². The van der Waals surface area contributed by atoms with Crippen molar-refractivity contribution in [3.05, 3.63) is 23.3 Å². The van der Waals surface area contributed by atoms with Gasteiger partial charge < -0.3 is 14.7 Å². The first kappa shape index (κ1) is 10.4. The van der Waals surface area contributed by atoms with Crippen molar-refractivity contribution in [1.29, 1.82) is 0 Å². The van der Waals surface area contributed by atoms with Crippen LogP contribution < -0.4 is 9.47 Å². The van der Waals surface area contributed by atoms with Crippen LogP contribution >= 0.6 is 0 Å². The first-order chi connectivity index (χ1) is 6.72. The Balaban J connectivity index is 3.32. The first-order valence-corrected chi connectivity index (χ1v) is 4.13. The van der Waals surface area contributed by atoms with Gasteiger partial charge in [0.25, 0.3) is 0 Å². The molecule has 76 valence electrons. The third-order valence-electron chi connectivity index (χ3n) is 1.88. The smallest absolute Gasteiger partial charge is 0.131 e. The lowest BCUT2D eigenvalue weighted by atomic mass is 10.1. The van der Waals surface area contributed by atoms with Crippen molar-refractivity contribution in [3.63, 3.8) is 0 Å². The summed E-state index contributed by atoms with van der Waals surface area (Å²) in [5.41, 5.74) is 1.65. The van der Waals surface area contributed by atoms with Crippen molar-refractivity contribution < 1.29 is 14.7 Å². The van der Waals surface area contributed by atoms with Crippen LogP contribution in [-0.4, -0.2) is 25.6 Å². The molecule has 0 amide bonds. The molecule has 0 aliphatic carbocycles. The third-order valence-corrected chi connectivity index (χ3v) is 1.88. The van der Waals surface area contributed by atoms with Gasteiger partial charge in [-0.1, -0.05) is 5.16 Å². The molecule has 0 saturated heterocycles. The minimum absolute atomic E-state index is 0.625. The molecule has 0 bridgehead atoms. The summed E-state index contributed by atoms with van der Waals surface area (Å²) in [6.07, 6.45) is 1.29. The predicted molar refractivity (Wildman–Crippen MR) is 53.7 cm³/mol. The number of hydrogen-bond acceptors (Lipinski definition) is 4. The Bertz CT molecular complexity index is 322. The summed E-state index contributed by atoms with van der Waals surface area (Å²) < 4.78 is 10.3. The molecule has 1 N–H and O–H groups in total. The van der Waals surface area contributed by atoms with E-state index in [0.29, 0.717) is 17.1 Å². The molecule has 1 aromatic rings. The Kier molecular flexibility index (Phi) is 3.34. The molecule has 0 atom stereocenters. The van der Waals surface area contributed by atoms with Gasteiger partial charge in [-0.15, -0.1) is 0 Å². The quantitative estimate of drug-likeness (QED) is 0.454. The van der Waals surface area contributed by atoms with E-state index in [1.54, 1.807) is 14.2 Å². The van der Waals surface area contributed by atoms with Crippen molar-refractivity contribution in [2.45, 2.75) is 6.92 Å². The number of benzene rings is 1. The van der Waals surface area contributed by atoms with E-state index >= 15 is 0 Å². The van der Waals surface area contributed by atoms with E-state index in [1.807, 2.05) is 19.1 Å². The van der Waals surface area contributed by atoms with E-state index in [-0.39, 0.29) is 0 Å². The number of aryl methyl sites for hydroxylation is 1. The van der Waals surface area contributed by atoms with Crippen LogP contribution in [0, 0.1) is 6.92 Å². The summed E-state index contributed by atoms with van der Waals surface area (Å²) in [6, 6.07) is 3.69. The summed E-state index contributed by atoms with van der Waals surface area (Å²) in [5, 5.41) is 11.5. The summed E-state index contributed by atoms with van der Waals surface area (Å²) >= 11 is 0. The molecule has 0 aliphatic rings. The fraction of sp³-hybridized carbons (Fsp3) is 0.300. The maximum Gasteiger partial charge on any atom is 0.131 e. The molecule has 0 aromatic heterocycles. The van der Waals surface area contributed by atoms with Crippen molar-refractivity contribution in [3.8, 4) is 11.5 Å². The highest BCUT2D eigenvalue weighted by molar-refractivity contribution is 5.87. The van der Waals surface area contributed by atoms with Crippen LogP contribution in [-0.2, 0) is 0 Å². The summed E-state index contributed by atoms with van der Waals surface area (Å²) in [5.74, 6) is 1.25. The van der Waals surface area contributed by atoms with Gasteiger partial charge in [0.1, 0.15) is 11.5 Å². The number of oxime groups is 1. The van der Waals surface area contributed by atoms with Gasteiger partial charge >= 0.3 is 0 Å². The van der Waals surface area contributed by atoms with Crippen molar-refractivity contribution in [2.24, 2.45) is 5.16 Å². The average molecular weight is 195 g/mol. The van der Waals surface area contributed by atoms with E-state index in [9.17, 15) is 0 Å². The molecule has 1 aromatic carbocycles. The van der Waals surface area contributed by atoms with Crippen LogP contribution in [0.25, 0.3) is 0 Å². The molecule has 0 spiro atoms. The summed E-state index contributed by atoms with van der Waals surface area (Å²) in [7, 11) is 3.12. The van der Waals surface area contributed by atoms with Gasteiger partial charge in [-0.25, -0.2) is 0 Å². The highest BCUT2D eigenvalue weighted by Crippen LogP contribution is 2.28. The molecule has 0 unspecified atom stereocenters. The summed E-state index contributed by atoms with van der Waals surface area (Å²) in [4.78, 5) is 0. The zero-order chi connectivity index (χ0) is 10.6. The Morgan fingerprint density at radius 1 is 1.21 bits per heavy atom. The zero-order valence-corrected chi connectivity index (χ0v) is 8.44. The molecular formula is C10H13NO3. The van der Waals surface area contributed by atoms with E-state index in [4.69, 9.17) is 14.7 Å². The van der Waals surface area contributed by atoms with Gasteiger partial charge in [0, 0.05) is 0 Å². The van der Waals surface area contributed by atoms with Gasteiger partial charge in [0.2, 0.25) is 0 Å². The van der Waals surface area contributed by atoms with Gasteiger partial charge in [0.15, 0.2) is 0 Å². The first-order valence-electron chi connectivity index (χ1n) is 4.13.